The maximum absolute atomic E-state index is 12.0. The van der Waals surface area contributed by atoms with Crippen molar-refractivity contribution in [2.45, 2.75) is 31.5 Å². The highest BCUT2D eigenvalue weighted by molar-refractivity contribution is 5.14. The predicted octanol–water partition coefficient (Wildman–Crippen LogP) is 2.90. The molecule has 0 aliphatic heterocycles. The molecule has 2 N–H and O–H groups in total. The van der Waals surface area contributed by atoms with Gasteiger partial charge in [-0.25, -0.2) is 0 Å². The van der Waals surface area contributed by atoms with Gasteiger partial charge in [-0.2, -0.15) is 13.2 Å². The van der Waals surface area contributed by atoms with Crippen LogP contribution < -0.4 is 5.73 Å². The van der Waals surface area contributed by atoms with E-state index in [-0.39, 0.29) is 0 Å². The summed E-state index contributed by atoms with van der Waals surface area (Å²) in [5, 5.41) is 0. The predicted molar refractivity (Wildman–Crippen MR) is 53.4 cm³/mol. The van der Waals surface area contributed by atoms with Gasteiger partial charge in [0.1, 0.15) is 0 Å². The molecule has 1 nitrogen and oxygen atoms in total. The van der Waals surface area contributed by atoms with E-state index in [4.69, 9.17) is 5.73 Å². The first kappa shape index (κ1) is 12.0. The zero-order chi connectivity index (χ0) is 11.3. The molecule has 1 rings (SSSR count). The topological polar surface area (TPSA) is 26.0 Å². The van der Waals surface area contributed by atoms with Crippen LogP contribution in [0.25, 0.3) is 0 Å². The van der Waals surface area contributed by atoms with Gasteiger partial charge in [0.2, 0.25) is 0 Å². The summed E-state index contributed by atoms with van der Waals surface area (Å²) >= 11 is 0. The van der Waals surface area contributed by atoms with Gasteiger partial charge in [0.25, 0.3) is 0 Å². The number of benzene rings is 1. The molecule has 1 aromatic carbocycles. The maximum atomic E-state index is 12.0. The Bertz CT molecular complexity index is 282. The Hall–Kier alpha value is -1.03. The molecule has 0 fully saturated rings. The van der Waals surface area contributed by atoms with Crippen LogP contribution in [0.15, 0.2) is 30.3 Å². The molecule has 15 heavy (non-hydrogen) atoms. The molecule has 0 radical (unpaired) electrons. The van der Waals surface area contributed by atoms with Gasteiger partial charge in [-0.1, -0.05) is 30.3 Å². The first-order valence-electron chi connectivity index (χ1n) is 4.83. The molecular formula is C11H14F3N. The molecule has 0 aromatic heterocycles. The van der Waals surface area contributed by atoms with Crippen LogP contribution in [0.4, 0.5) is 13.2 Å². The number of nitrogens with two attached hydrogens (primary N) is 1. The van der Waals surface area contributed by atoms with Crippen molar-refractivity contribution < 1.29 is 13.2 Å². The summed E-state index contributed by atoms with van der Waals surface area (Å²) in [6.45, 7) is 0. The molecule has 1 atom stereocenters. The number of halogens is 3. The van der Waals surface area contributed by atoms with Crippen LogP contribution in [0.3, 0.4) is 0 Å². The van der Waals surface area contributed by atoms with Gasteiger partial charge in [-0.05, 0) is 18.4 Å². The van der Waals surface area contributed by atoms with E-state index in [1.807, 2.05) is 30.3 Å². The molecule has 0 aliphatic rings. The van der Waals surface area contributed by atoms with Crippen LogP contribution in [0, 0.1) is 0 Å². The lowest BCUT2D eigenvalue weighted by Crippen LogP contribution is -2.28. The van der Waals surface area contributed by atoms with E-state index in [9.17, 15) is 13.2 Å². The summed E-state index contributed by atoms with van der Waals surface area (Å²) in [5.74, 6) is 0. The number of hydrogen-bond donors (Lipinski definition) is 1. The molecule has 0 bridgehead atoms. The Kier molecular flexibility index (Phi) is 4.15. The second kappa shape index (κ2) is 5.16. The van der Waals surface area contributed by atoms with Crippen molar-refractivity contribution in [3.05, 3.63) is 35.9 Å². The van der Waals surface area contributed by atoms with Crippen molar-refractivity contribution in [3.8, 4) is 0 Å². The van der Waals surface area contributed by atoms with Crippen LogP contribution in [-0.2, 0) is 6.42 Å². The second-order valence-electron chi connectivity index (χ2n) is 3.60. The van der Waals surface area contributed by atoms with Gasteiger partial charge < -0.3 is 5.73 Å². The number of aryl methyl sites for hydroxylation is 1. The van der Waals surface area contributed by atoms with Gasteiger partial charge in [0, 0.05) is 6.04 Å². The highest BCUT2D eigenvalue weighted by Crippen LogP contribution is 2.22. The number of hydrogen-bond acceptors (Lipinski definition) is 1. The van der Waals surface area contributed by atoms with Crippen molar-refractivity contribution in [2.24, 2.45) is 5.73 Å². The van der Waals surface area contributed by atoms with E-state index < -0.39 is 18.6 Å². The molecule has 1 aromatic rings. The quantitative estimate of drug-likeness (QED) is 0.824. The smallest absolute Gasteiger partial charge is 0.327 e. The minimum absolute atomic E-state index is 0.365. The van der Waals surface area contributed by atoms with Gasteiger partial charge in [-0.15, -0.1) is 0 Å². The Labute approximate surface area is 87.1 Å². The minimum Gasteiger partial charge on any atom is -0.327 e. The standard InChI is InChI=1S/C11H14F3N/c12-11(13,14)8-10(15)7-6-9-4-2-1-3-5-9/h1-5,10H,6-8,15H2/t10-/m0/s1. The largest absolute Gasteiger partial charge is 0.390 e. The van der Waals surface area contributed by atoms with Crippen LogP contribution in [-0.4, -0.2) is 12.2 Å². The summed E-state index contributed by atoms with van der Waals surface area (Å²) < 4.78 is 35.9. The van der Waals surface area contributed by atoms with Gasteiger partial charge in [-0.3, -0.25) is 0 Å². The third kappa shape index (κ3) is 5.42. The van der Waals surface area contributed by atoms with E-state index >= 15 is 0 Å². The number of alkyl halides is 3. The normalized spacial score (nSPS) is 13.9. The lowest BCUT2D eigenvalue weighted by atomic mass is 10.0. The molecule has 0 unspecified atom stereocenters. The lowest BCUT2D eigenvalue weighted by Gasteiger charge is -2.13. The zero-order valence-electron chi connectivity index (χ0n) is 8.30. The van der Waals surface area contributed by atoms with E-state index in [1.165, 1.54) is 0 Å². The Morgan fingerprint density at radius 2 is 1.73 bits per heavy atom. The first-order valence-corrected chi connectivity index (χ1v) is 4.83. The van der Waals surface area contributed by atoms with Crippen LogP contribution >= 0.6 is 0 Å². The summed E-state index contributed by atoms with van der Waals surface area (Å²) in [5.41, 5.74) is 6.41. The van der Waals surface area contributed by atoms with Gasteiger partial charge >= 0.3 is 6.18 Å². The molecule has 0 saturated carbocycles. The van der Waals surface area contributed by atoms with Crippen molar-refractivity contribution in [3.63, 3.8) is 0 Å². The molecule has 0 heterocycles. The summed E-state index contributed by atoms with van der Waals surface area (Å²) in [4.78, 5) is 0. The third-order valence-electron chi connectivity index (χ3n) is 2.14. The Morgan fingerprint density at radius 3 is 2.27 bits per heavy atom. The highest BCUT2D eigenvalue weighted by Gasteiger charge is 2.29. The molecule has 0 amide bonds. The number of rotatable bonds is 4. The van der Waals surface area contributed by atoms with E-state index in [0.29, 0.717) is 12.8 Å². The van der Waals surface area contributed by atoms with Gasteiger partial charge in [0.15, 0.2) is 0 Å². The second-order valence-corrected chi connectivity index (χ2v) is 3.60. The molecule has 0 saturated heterocycles. The maximum Gasteiger partial charge on any atom is 0.390 e. The summed E-state index contributed by atoms with van der Waals surface area (Å²) in [6, 6.07) is 8.58. The van der Waals surface area contributed by atoms with Crippen molar-refractivity contribution in [1.29, 1.82) is 0 Å². The monoisotopic (exact) mass is 217 g/mol. The fraction of sp³-hybridized carbons (Fsp3) is 0.455. The highest BCUT2D eigenvalue weighted by atomic mass is 19.4. The fourth-order valence-electron chi connectivity index (χ4n) is 1.40. The van der Waals surface area contributed by atoms with Crippen LogP contribution in [0.1, 0.15) is 18.4 Å². The fourth-order valence-corrected chi connectivity index (χ4v) is 1.40. The molecule has 84 valence electrons. The third-order valence-corrected chi connectivity index (χ3v) is 2.14. The molecule has 0 aliphatic carbocycles. The molecular weight excluding hydrogens is 203 g/mol. The molecule has 4 heteroatoms. The SMILES string of the molecule is N[C@@H](CCc1ccccc1)CC(F)(F)F. The Morgan fingerprint density at radius 1 is 1.13 bits per heavy atom. The van der Waals surface area contributed by atoms with E-state index in [0.717, 1.165) is 5.56 Å². The average Bonchev–Trinajstić information content (AvgIpc) is 2.14. The molecule has 0 spiro atoms. The van der Waals surface area contributed by atoms with E-state index in [1.54, 1.807) is 0 Å². The average molecular weight is 217 g/mol. The van der Waals surface area contributed by atoms with Crippen molar-refractivity contribution in [2.75, 3.05) is 0 Å². The van der Waals surface area contributed by atoms with Crippen molar-refractivity contribution >= 4 is 0 Å². The Balaban J connectivity index is 2.32. The zero-order valence-corrected chi connectivity index (χ0v) is 8.30. The first-order chi connectivity index (χ1) is 6.97. The minimum atomic E-state index is -4.16. The summed E-state index contributed by atoms with van der Waals surface area (Å²) in [7, 11) is 0. The lowest BCUT2D eigenvalue weighted by molar-refractivity contribution is -0.138. The van der Waals surface area contributed by atoms with Gasteiger partial charge in [0.05, 0.1) is 6.42 Å². The summed E-state index contributed by atoms with van der Waals surface area (Å²) in [6.07, 6.45) is -4.10. The van der Waals surface area contributed by atoms with E-state index in [2.05, 4.69) is 0 Å². The van der Waals surface area contributed by atoms with Crippen LogP contribution in [0.5, 0.6) is 0 Å². The van der Waals surface area contributed by atoms with Crippen molar-refractivity contribution in [1.82, 2.24) is 0 Å². The van der Waals surface area contributed by atoms with Crippen LogP contribution in [0.2, 0.25) is 0 Å².